The lowest BCUT2D eigenvalue weighted by Crippen LogP contribution is -2.50. The number of aryl methyl sites for hydroxylation is 1. The van der Waals surface area contributed by atoms with Crippen LogP contribution in [0.2, 0.25) is 5.15 Å². The zero-order valence-electron chi connectivity index (χ0n) is 20.8. The SMILES string of the molecule is CCCC(C)(C)OC(=O)N1CC[C@](/C=C/c2ccc(C)nc2Cl)(NC(=O)OCc2ccccc2)C1. The minimum Gasteiger partial charge on any atom is -0.445 e. The zero-order chi connectivity index (χ0) is 25.5. The maximum Gasteiger partial charge on any atom is 0.410 e. The van der Waals surface area contributed by atoms with E-state index in [-0.39, 0.29) is 13.2 Å². The number of ether oxygens (including phenoxy) is 2. The molecular weight excluding hydrogens is 466 g/mol. The van der Waals surface area contributed by atoms with Crippen molar-refractivity contribution in [3.05, 3.63) is 70.5 Å². The van der Waals surface area contributed by atoms with Crippen LogP contribution in [-0.2, 0) is 16.1 Å². The van der Waals surface area contributed by atoms with Gasteiger partial charge in [0.25, 0.3) is 0 Å². The van der Waals surface area contributed by atoms with Crippen LogP contribution in [0.4, 0.5) is 9.59 Å². The van der Waals surface area contributed by atoms with Crippen LogP contribution in [-0.4, -0.2) is 46.3 Å². The normalized spacial score (nSPS) is 18.0. The van der Waals surface area contributed by atoms with E-state index in [1.54, 1.807) is 4.90 Å². The molecule has 1 aliphatic heterocycles. The second-order valence-electron chi connectivity index (χ2n) is 9.56. The quantitative estimate of drug-likeness (QED) is 0.441. The number of halogens is 1. The van der Waals surface area contributed by atoms with E-state index in [1.807, 2.05) is 75.4 Å². The fourth-order valence-corrected chi connectivity index (χ4v) is 4.35. The molecule has 8 heteroatoms. The molecule has 3 rings (SSSR count). The number of benzene rings is 1. The number of carbonyl (C=O) groups is 2. The molecule has 7 nitrogen and oxygen atoms in total. The summed E-state index contributed by atoms with van der Waals surface area (Å²) >= 11 is 6.31. The van der Waals surface area contributed by atoms with Crippen molar-refractivity contribution in [2.75, 3.05) is 13.1 Å². The van der Waals surface area contributed by atoms with Gasteiger partial charge in [-0.25, -0.2) is 14.6 Å². The number of likely N-dealkylation sites (tertiary alicyclic amines) is 1. The summed E-state index contributed by atoms with van der Waals surface area (Å²) in [6.07, 6.45) is 4.90. The Morgan fingerprint density at radius 2 is 1.97 bits per heavy atom. The fraction of sp³-hybridized carbons (Fsp3) is 0.444. The molecule has 0 radical (unpaired) electrons. The lowest BCUT2D eigenvalue weighted by atomic mass is 9.97. The average molecular weight is 500 g/mol. The van der Waals surface area contributed by atoms with Crippen molar-refractivity contribution < 1.29 is 19.1 Å². The first kappa shape index (κ1) is 26.5. The number of hydrogen-bond donors (Lipinski definition) is 1. The lowest BCUT2D eigenvalue weighted by molar-refractivity contribution is 0.0110. The van der Waals surface area contributed by atoms with E-state index in [4.69, 9.17) is 21.1 Å². The lowest BCUT2D eigenvalue weighted by Gasteiger charge is -2.30. The Bertz CT molecular complexity index is 1060. The van der Waals surface area contributed by atoms with Gasteiger partial charge in [-0.05, 0) is 45.2 Å². The molecule has 1 aliphatic rings. The summed E-state index contributed by atoms with van der Waals surface area (Å²) in [5, 5.41) is 3.35. The molecule has 0 bridgehead atoms. The number of amides is 2. The second kappa shape index (κ2) is 11.6. The van der Waals surface area contributed by atoms with Crippen molar-refractivity contribution in [2.45, 2.75) is 64.7 Å². The maximum absolute atomic E-state index is 12.9. The van der Waals surface area contributed by atoms with E-state index in [2.05, 4.69) is 17.2 Å². The molecule has 1 fully saturated rings. The highest BCUT2D eigenvalue weighted by atomic mass is 35.5. The Labute approximate surface area is 212 Å². The number of rotatable bonds is 8. The minimum atomic E-state index is -0.837. The van der Waals surface area contributed by atoms with E-state index in [0.717, 1.165) is 29.7 Å². The van der Waals surface area contributed by atoms with Crippen molar-refractivity contribution in [3.8, 4) is 0 Å². The van der Waals surface area contributed by atoms with E-state index >= 15 is 0 Å². The van der Waals surface area contributed by atoms with Crippen LogP contribution in [0, 0.1) is 6.92 Å². The van der Waals surface area contributed by atoms with Gasteiger partial charge in [0.1, 0.15) is 17.4 Å². The molecule has 1 N–H and O–H groups in total. The fourth-order valence-electron chi connectivity index (χ4n) is 4.09. The van der Waals surface area contributed by atoms with E-state index in [9.17, 15) is 9.59 Å². The molecule has 35 heavy (non-hydrogen) atoms. The Balaban J connectivity index is 1.75. The predicted octanol–water partition coefficient (Wildman–Crippen LogP) is 6.14. The van der Waals surface area contributed by atoms with Gasteiger partial charge in [-0.15, -0.1) is 0 Å². The van der Waals surface area contributed by atoms with Gasteiger partial charge in [-0.1, -0.05) is 73.5 Å². The summed E-state index contributed by atoms with van der Waals surface area (Å²) in [4.78, 5) is 31.5. The first-order valence-corrected chi connectivity index (χ1v) is 12.3. The molecule has 1 aromatic carbocycles. The summed E-state index contributed by atoms with van der Waals surface area (Å²) < 4.78 is 11.2. The number of pyridine rings is 1. The molecule has 188 valence electrons. The molecule has 2 heterocycles. The molecule has 0 aliphatic carbocycles. The van der Waals surface area contributed by atoms with Crippen molar-refractivity contribution in [1.29, 1.82) is 0 Å². The minimum absolute atomic E-state index is 0.150. The van der Waals surface area contributed by atoms with Crippen molar-refractivity contribution in [3.63, 3.8) is 0 Å². The monoisotopic (exact) mass is 499 g/mol. The highest BCUT2D eigenvalue weighted by Crippen LogP contribution is 2.28. The Morgan fingerprint density at radius 1 is 1.23 bits per heavy atom. The highest BCUT2D eigenvalue weighted by molar-refractivity contribution is 6.30. The highest BCUT2D eigenvalue weighted by Gasteiger charge is 2.41. The summed E-state index contributed by atoms with van der Waals surface area (Å²) in [6.45, 7) is 8.57. The number of hydrogen-bond acceptors (Lipinski definition) is 5. The maximum atomic E-state index is 12.9. The van der Waals surface area contributed by atoms with Crippen molar-refractivity contribution in [1.82, 2.24) is 15.2 Å². The van der Waals surface area contributed by atoms with Crippen LogP contribution < -0.4 is 5.32 Å². The van der Waals surface area contributed by atoms with Crippen LogP contribution in [0.15, 0.2) is 48.5 Å². The summed E-state index contributed by atoms with van der Waals surface area (Å²) in [5.41, 5.74) is 1.03. The first-order chi connectivity index (χ1) is 16.6. The van der Waals surface area contributed by atoms with Gasteiger partial charge >= 0.3 is 12.2 Å². The van der Waals surface area contributed by atoms with Crippen LogP contribution in [0.3, 0.4) is 0 Å². The van der Waals surface area contributed by atoms with Crippen molar-refractivity contribution >= 4 is 29.9 Å². The number of carbonyl (C=O) groups excluding carboxylic acids is 2. The largest absolute Gasteiger partial charge is 0.445 e. The molecule has 0 saturated carbocycles. The molecule has 0 spiro atoms. The summed E-state index contributed by atoms with van der Waals surface area (Å²) in [7, 11) is 0. The van der Waals surface area contributed by atoms with Crippen LogP contribution in [0.25, 0.3) is 6.08 Å². The van der Waals surface area contributed by atoms with Gasteiger partial charge in [-0.3, -0.25) is 0 Å². The molecule has 1 atom stereocenters. The summed E-state index contributed by atoms with van der Waals surface area (Å²) in [5.74, 6) is 0. The predicted molar refractivity (Wildman–Crippen MR) is 137 cm³/mol. The van der Waals surface area contributed by atoms with Gasteiger partial charge in [0.2, 0.25) is 0 Å². The molecular formula is C27H34ClN3O4. The third-order valence-corrected chi connectivity index (χ3v) is 6.24. The Hall–Kier alpha value is -3.06. The van der Waals surface area contributed by atoms with Crippen LogP contribution in [0.1, 0.15) is 56.9 Å². The van der Waals surface area contributed by atoms with Crippen LogP contribution >= 0.6 is 11.6 Å². The number of alkyl carbamates (subject to hydrolysis) is 1. The molecule has 2 aromatic rings. The van der Waals surface area contributed by atoms with Crippen molar-refractivity contribution in [2.24, 2.45) is 0 Å². The molecule has 0 unspecified atom stereocenters. The van der Waals surface area contributed by atoms with Gasteiger partial charge < -0.3 is 19.7 Å². The topological polar surface area (TPSA) is 80.8 Å². The Morgan fingerprint density at radius 3 is 2.66 bits per heavy atom. The molecule has 1 aromatic heterocycles. The smallest absolute Gasteiger partial charge is 0.410 e. The van der Waals surface area contributed by atoms with Gasteiger partial charge in [0, 0.05) is 17.8 Å². The number of aromatic nitrogens is 1. The first-order valence-electron chi connectivity index (χ1n) is 11.9. The number of nitrogens with one attached hydrogen (secondary N) is 1. The average Bonchev–Trinajstić information content (AvgIpc) is 3.22. The third-order valence-electron chi connectivity index (χ3n) is 5.94. The van der Waals surface area contributed by atoms with Gasteiger partial charge in [-0.2, -0.15) is 0 Å². The standard InChI is InChI=1S/C27H34ClN3O4/c1-5-14-26(3,4)35-25(33)31-17-16-27(19-31,15-13-22-12-11-20(2)29-23(22)28)30-24(32)34-18-21-9-7-6-8-10-21/h6-13,15H,5,14,16-19H2,1-4H3,(H,30,32)/b15-13+/t27-/m0/s1. The van der Waals surface area contributed by atoms with Crippen LogP contribution in [0.5, 0.6) is 0 Å². The summed E-state index contributed by atoms with van der Waals surface area (Å²) in [6, 6.07) is 13.2. The van der Waals surface area contributed by atoms with E-state index in [1.165, 1.54) is 0 Å². The van der Waals surface area contributed by atoms with E-state index < -0.39 is 23.3 Å². The van der Waals surface area contributed by atoms with E-state index in [0.29, 0.717) is 18.1 Å². The van der Waals surface area contributed by atoms with Gasteiger partial charge in [0.15, 0.2) is 0 Å². The molecule has 1 saturated heterocycles. The number of nitrogens with zero attached hydrogens (tertiary/aromatic N) is 2. The third kappa shape index (κ3) is 7.72. The second-order valence-corrected chi connectivity index (χ2v) is 9.92. The zero-order valence-corrected chi connectivity index (χ0v) is 21.6. The Kier molecular flexibility index (Phi) is 8.78. The molecule has 2 amide bonds. The van der Waals surface area contributed by atoms with Gasteiger partial charge in [0.05, 0.1) is 12.1 Å².